The van der Waals surface area contributed by atoms with Crippen molar-refractivity contribution in [3.05, 3.63) is 45.8 Å². The zero-order chi connectivity index (χ0) is 17.6. The summed E-state index contributed by atoms with van der Waals surface area (Å²) >= 11 is 6.77. The van der Waals surface area contributed by atoms with Gasteiger partial charge in [0.2, 0.25) is 10.1 Å². The Bertz CT molecular complexity index is 797. The van der Waals surface area contributed by atoms with Crippen molar-refractivity contribution in [1.82, 2.24) is 0 Å². The quantitative estimate of drug-likeness (QED) is 0.347. The van der Waals surface area contributed by atoms with Crippen molar-refractivity contribution >= 4 is 54.7 Å². The minimum Gasteiger partial charge on any atom is -0.485 e. The standard InChI is InChI=1S/2C6H6O2S.C6H4S2/c2*1-4-9-6-5(1)7-2-3-8-6;1-3-7-6-2-4-8-5(1)6/h2*1,4H,2-3H2;1-4H. The molecule has 4 aromatic heterocycles. The van der Waals surface area contributed by atoms with E-state index < -0.39 is 0 Å². The van der Waals surface area contributed by atoms with Crippen LogP contribution < -0.4 is 18.9 Å². The van der Waals surface area contributed by atoms with Gasteiger partial charge in [-0.25, -0.2) is 0 Å². The van der Waals surface area contributed by atoms with Crippen molar-refractivity contribution in [3.8, 4) is 21.6 Å². The number of hydrogen-bond acceptors (Lipinski definition) is 8. The Hall–Kier alpha value is -1.74. The minimum atomic E-state index is 0.684. The van der Waals surface area contributed by atoms with Gasteiger partial charge in [-0.15, -0.1) is 45.3 Å². The summed E-state index contributed by atoms with van der Waals surface area (Å²) in [6.45, 7) is 2.74. The molecule has 2 aliphatic rings. The monoisotopic (exact) mass is 424 g/mol. The van der Waals surface area contributed by atoms with Crippen molar-refractivity contribution in [3.63, 3.8) is 0 Å². The Morgan fingerprint density at radius 3 is 1.38 bits per heavy atom. The number of fused-ring (bicyclic) bond motifs is 3. The van der Waals surface area contributed by atoms with Crippen molar-refractivity contribution in [2.75, 3.05) is 26.4 Å². The van der Waals surface area contributed by atoms with E-state index in [4.69, 9.17) is 18.9 Å². The van der Waals surface area contributed by atoms with Gasteiger partial charge in [0, 0.05) is 9.40 Å². The van der Waals surface area contributed by atoms with Gasteiger partial charge in [-0.1, -0.05) is 0 Å². The lowest BCUT2D eigenvalue weighted by Gasteiger charge is -2.13. The molecule has 2 aliphatic heterocycles. The van der Waals surface area contributed by atoms with Crippen LogP contribution in [0.3, 0.4) is 0 Å². The van der Waals surface area contributed by atoms with Crippen molar-refractivity contribution in [1.29, 1.82) is 0 Å². The first kappa shape index (κ1) is 17.7. The predicted molar refractivity (Wildman–Crippen MR) is 110 cm³/mol. The van der Waals surface area contributed by atoms with Crippen LogP contribution in [0.15, 0.2) is 45.8 Å². The van der Waals surface area contributed by atoms with Gasteiger partial charge >= 0.3 is 0 Å². The number of ether oxygens (including phenoxy) is 4. The van der Waals surface area contributed by atoms with E-state index in [1.807, 2.05) is 22.9 Å². The summed E-state index contributed by atoms with van der Waals surface area (Å²) in [5.41, 5.74) is 0. The molecule has 0 amide bonds. The normalized spacial score (nSPS) is 14.0. The largest absolute Gasteiger partial charge is 0.485 e. The van der Waals surface area contributed by atoms with Crippen molar-refractivity contribution < 1.29 is 18.9 Å². The van der Waals surface area contributed by atoms with Crippen LogP contribution in [0.1, 0.15) is 0 Å². The highest BCUT2D eigenvalue weighted by Crippen LogP contribution is 2.36. The van der Waals surface area contributed by atoms with E-state index >= 15 is 0 Å². The number of hydrogen-bond donors (Lipinski definition) is 0. The maximum absolute atomic E-state index is 5.26. The van der Waals surface area contributed by atoms with Gasteiger partial charge in [0.25, 0.3) is 0 Å². The average Bonchev–Trinajstić information content (AvgIpc) is 3.46. The van der Waals surface area contributed by atoms with Gasteiger partial charge in [-0.2, -0.15) is 0 Å². The maximum atomic E-state index is 5.26. The van der Waals surface area contributed by atoms with Crippen LogP contribution >= 0.6 is 45.3 Å². The molecule has 4 nitrogen and oxygen atoms in total. The second-order valence-corrected chi connectivity index (χ2v) is 8.76. The average molecular weight is 425 g/mol. The molecule has 0 radical (unpaired) electrons. The third-order valence-corrected chi connectivity index (χ3v) is 6.92. The molecule has 4 aromatic rings. The fraction of sp³-hybridized carbons (Fsp3) is 0.222. The summed E-state index contributed by atoms with van der Waals surface area (Å²) in [6, 6.07) is 8.17. The Morgan fingerprint density at radius 1 is 0.500 bits per heavy atom. The molecular formula is C18H16O4S4. The third-order valence-electron chi connectivity index (χ3n) is 3.41. The van der Waals surface area contributed by atoms with E-state index in [0.717, 1.165) is 21.6 Å². The summed E-state index contributed by atoms with van der Waals surface area (Å²) in [7, 11) is 0. The van der Waals surface area contributed by atoms with E-state index in [0.29, 0.717) is 26.4 Å². The van der Waals surface area contributed by atoms with Crippen LogP contribution in [0.25, 0.3) is 9.40 Å². The molecule has 0 saturated heterocycles. The lowest BCUT2D eigenvalue weighted by atomic mass is 10.5. The van der Waals surface area contributed by atoms with E-state index in [-0.39, 0.29) is 0 Å². The summed E-state index contributed by atoms with van der Waals surface area (Å²) in [5.74, 6) is 1.79. The molecule has 136 valence electrons. The zero-order valence-corrected chi connectivity index (χ0v) is 17.0. The van der Waals surface area contributed by atoms with E-state index in [1.165, 1.54) is 9.40 Å². The second-order valence-electron chi connectivity index (χ2n) is 5.11. The van der Waals surface area contributed by atoms with Crippen LogP contribution in [-0.2, 0) is 0 Å². The molecule has 8 heteroatoms. The topological polar surface area (TPSA) is 36.9 Å². The fourth-order valence-electron chi connectivity index (χ4n) is 2.26. The zero-order valence-electron chi connectivity index (χ0n) is 13.7. The minimum absolute atomic E-state index is 0.684. The molecule has 6 heterocycles. The maximum Gasteiger partial charge on any atom is 0.217 e. The molecular weight excluding hydrogens is 408 g/mol. The summed E-state index contributed by atoms with van der Waals surface area (Å²) < 4.78 is 23.8. The summed E-state index contributed by atoms with van der Waals surface area (Å²) in [5, 5.41) is 10.0. The van der Waals surface area contributed by atoms with Gasteiger partial charge < -0.3 is 18.9 Å². The highest BCUT2D eigenvalue weighted by Gasteiger charge is 2.11. The lowest BCUT2D eigenvalue weighted by molar-refractivity contribution is 0.178. The molecule has 0 saturated carbocycles. The Morgan fingerprint density at radius 2 is 0.923 bits per heavy atom. The number of thiophene rings is 4. The van der Waals surface area contributed by atoms with Crippen LogP contribution in [0, 0.1) is 0 Å². The molecule has 0 fully saturated rings. The van der Waals surface area contributed by atoms with E-state index in [9.17, 15) is 0 Å². The summed E-state index contributed by atoms with van der Waals surface area (Å²) in [4.78, 5) is 0. The molecule has 0 N–H and O–H groups in total. The van der Waals surface area contributed by atoms with E-state index in [2.05, 4.69) is 22.9 Å². The lowest BCUT2D eigenvalue weighted by Crippen LogP contribution is -2.13. The van der Waals surface area contributed by atoms with Crippen molar-refractivity contribution in [2.45, 2.75) is 0 Å². The van der Waals surface area contributed by atoms with Gasteiger partial charge in [-0.3, -0.25) is 0 Å². The van der Waals surface area contributed by atoms with Crippen LogP contribution in [-0.4, -0.2) is 26.4 Å². The Kier molecular flexibility index (Phi) is 5.96. The molecule has 6 rings (SSSR count). The van der Waals surface area contributed by atoms with Crippen molar-refractivity contribution in [2.24, 2.45) is 0 Å². The Labute approximate surface area is 167 Å². The first-order valence-corrected chi connectivity index (χ1v) is 11.5. The van der Waals surface area contributed by atoms with Gasteiger partial charge in [0.15, 0.2) is 11.5 Å². The van der Waals surface area contributed by atoms with Crippen LogP contribution in [0.5, 0.6) is 21.6 Å². The molecule has 0 aliphatic carbocycles. The van der Waals surface area contributed by atoms with E-state index in [1.54, 1.807) is 45.3 Å². The second kappa shape index (κ2) is 8.77. The molecule has 0 spiro atoms. The highest BCUT2D eigenvalue weighted by molar-refractivity contribution is 7.25. The number of rotatable bonds is 0. The van der Waals surface area contributed by atoms with Crippen LogP contribution in [0.2, 0.25) is 0 Å². The first-order chi connectivity index (χ1) is 12.9. The molecule has 26 heavy (non-hydrogen) atoms. The molecule has 0 aromatic carbocycles. The van der Waals surface area contributed by atoms with Crippen LogP contribution in [0.4, 0.5) is 0 Å². The van der Waals surface area contributed by atoms with Gasteiger partial charge in [0.05, 0.1) is 0 Å². The SMILES string of the molecule is c1cc2c(s1)OCCO2.c1cc2c(s1)OCCO2.c1cc2sccc2s1. The predicted octanol–water partition coefficient (Wildman–Crippen LogP) is 6.00. The third kappa shape index (κ3) is 4.32. The Balaban J connectivity index is 0.0000000972. The highest BCUT2D eigenvalue weighted by atomic mass is 32.1. The smallest absolute Gasteiger partial charge is 0.217 e. The van der Waals surface area contributed by atoms with Gasteiger partial charge in [0.1, 0.15) is 26.4 Å². The molecule has 0 atom stereocenters. The van der Waals surface area contributed by atoms with Gasteiger partial charge in [-0.05, 0) is 45.8 Å². The summed E-state index contributed by atoms with van der Waals surface area (Å²) in [6.07, 6.45) is 0. The fourth-order valence-corrected chi connectivity index (χ4v) is 5.50. The molecule has 0 unspecified atom stereocenters. The molecule has 0 bridgehead atoms. The first-order valence-electron chi connectivity index (χ1n) is 7.97.